The number of hydrogen-bond donors (Lipinski definition) is 3. The molecule has 1 aromatic heterocycles. The number of hydrogen-bond acceptors (Lipinski definition) is 7. The van der Waals surface area contributed by atoms with Gasteiger partial charge in [-0.05, 0) is 46.6 Å². The predicted octanol–water partition coefficient (Wildman–Crippen LogP) is 4.18. The van der Waals surface area contributed by atoms with Crippen LogP contribution in [-0.2, 0) is 0 Å². The number of benzene rings is 1. The maximum atomic E-state index is 14.7. The molecule has 1 saturated heterocycles. The first-order valence-corrected chi connectivity index (χ1v) is 10.6. The molecule has 0 spiro atoms. The minimum Gasteiger partial charge on any atom is -0.404 e. The number of allylic oxidation sites excluding steroid dienone is 1. The fourth-order valence-corrected chi connectivity index (χ4v) is 5.22. The molecule has 6 nitrogen and oxygen atoms in total. The molecule has 1 aromatic carbocycles. The average Bonchev–Trinajstić information content (AvgIpc) is 3.12. The second-order valence-corrected chi connectivity index (χ2v) is 9.97. The standard InChI is InChI=1S/C21H28F2N6S/c1-20(2)8-13(9-21(3,4)28-20)29(5)19-27-26-18(30-19)15-7-6-14(12(10-24)11-25)16(22)17(15)23/h6-7,10-11,13,24,28H,8-9,25H2,1-5H3/b12-11+,24-10?. The minimum absolute atomic E-state index is 0.0254. The van der Waals surface area contributed by atoms with Gasteiger partial charge in [0.05, 0.1) is 5.56 Å². The third kappa shape index (κ3) is 4.37. The fraction of sp³-hybridized carbons (Fsp3) is 0.476. The molecule has 0 amide bonds. The lowest BCUT2D eigenvalue weighted by molar-refractivity contribution is 0.161. The Labute approximate surface area is 179 Å². The first-order valence-electron chi connectivity index (χ1n) is 9.75. The Morgan fingerprint density at radius 2 is 1.83 bits per heavy atom. The quantitative estimate of drug-likeness (QED) is 0.614. The summed E-state index contributed by atoms with van der Waals surface area (Å²) in [4.78, 5) is 2.08. The molecule has 0 aliphatic carbocycles. The zero-order valence-electron chi connectivity index (χ0n) is 17.9. The molecule has 2 aromatic rings. The highest BCUT2D eigenvalue weighted by Crippen LogP contribution is 2.37. The van der Waals surface area contributed by atoms with Crippen LogP contribution in [0.5, 0.6) is 0 Å². The number of nitrogens with one attached hydrogen (secondary N) is 2. The SMILES string of the molecule is CN(c1nnc(-c2ccc(/C(C=N)=C/N)c(F)c2F)s1)C1CC(C)(C)NC(C)(C)C1. The first kappa shape index (κ1) is 22.3. The van der Waals surface area contributed by atoms with Gasteiger partial charge < -0.3 is 21.4 Å². The van der Waals surface area contributed by atoms with Gasteiger partial charge >= 0.3 is 0 Å². The van der Waals surface area contributed by atoms with Crippen LogP contribution in [0.25, 0.3) is 16.1 Å². The summed E-state index contributed by atoms with van der Waals surface area (Å²) in [5, 5.41) is 20.3. The molecule has 0 bridgehead atoms. The van der Waals surface area contributed by atoms with Gasteiger partial charge in [-0.2, -0.15) is 0 Å². The van der Waals surface area contributed by atoms with Gasteiger partial charge in [0.25, 0.3) is 0 Å². The van der Waals surface area contributed by atoms with Crippen molar-refractivity contribution in [3.05, 3.63) is 35.5 Å². The summed E-state index contributed by atoms with van der Waals surface area (Å²) in [5.74, 6) is -2.08. The van der Waals surface area contributed by atoms with Gasteiger partial charge in [0.15, 0.2) is 16.6 Å². The lowest BCUT2D eigenvalue weighted by Gasteiger charge is -2.48. The van der Waals surface area contributed by atoms with E-state index in [1.165, 1.54) is 23.5 Å². The number of halogens is 2. The zero-order valence-corrected chi connectivity index (χ0v) is 18.7. The van der Waals surface area contributed by atoms with Gasteiger partial charge in [-0.15, -0.1) is 10.2 Å². The topological polar surface area (TPSA) is 90.9 Å². The summed E-state index contributed by atoms with van der Waals surface area (Å²) in [6.45, 7) is 8.72. The number of anilines is 1. The highest BCUT2D eigenvalue weighted by atomic mass is 32.1. The van der Waals surface area contributed by atoms with Gasteiger partial charge in [-0.25, -0.2) is 8.78 Å². The van der Waals surface area contributed by atoms with Crippen molar-refractivity contribution < 1.29 is 8.78 Å². The van der Waals surface area contributed by atoms with Crippen molar-refractivity contribution in [3.63, 3.8) is 0 Å². The summed E-state index contributed by atoms with van der Waals surface area (Å²) in [6.07, 6.45) is 3.82. The van der Waals surface area contributed by atoms with Crippen LogP contribution in [0.1, 0.15) is 46.1 Å². The molecule has 9 heteroatoms. The Bertz CT molecular complexity index is 966. The van der Waals surface area contributed by atoms with Gasteiger partial charge in [0.2, 0.25) is 5.13 Å². The lowest BCUT2D eigenvalue weighted by Crippen LogP contribution is -2.61. The second-order valence-electron chi connectivity index (χ2n) is 9.01. The summed E-state index contributed by atoms with van der Waals surface area (Å²) < 4.78 is 29.3. The molecule has 2 heterocycles. The number of piperidine rings is 1. The van der Waals surface area contributed by atoms with E-state index in [0.29, 0.717) is 10.1 Å². The van der Waals surface area contributed by atoms with Crippen LogP contribution in [0.4, 0.5) is 13.9 Å². The number of rotatable bonds is 5. The van der Waals surface area contributed by atoms with Gasteiger partial charge in [0, 0.05) is 47.7 Å². The molecule has 1 fully saturated rings. The molecular formula is C21H28F2N6S. The molecule has 1 aliphatic heterocycles. The Kier molecular flexibility index (Phi) is 5.97. The van der Waals surface area contributed by atoms with E-state index in [2.05, 4.69) is 48.1 Å². The monoisotopic (exact) mass is 434 g/mol. The van der Waals surface area contributed by atoms with Crippen LogP contribution >= 0.6 is 11.3 Å². The van der Waals surface area contributed by atoms with Crippen molar-refractivity contribution in [2.24, 2.45) is 5.73 Å². The highest BCUT2D eigenvalue weighted by molar-refractivity contribution is 7.18. The van der Waals surface area contributed by atoms with E-state index in [-0.39, 0.29) is 33.8 Å². The molecule has 3 rings (SSSR count). The smallest absolute Gasteiger partial charge is 0.208 e. The molecule has 0 saturated carbocycles. The van der Waals surface area contributed by atoms with Crippen molar-refractivity contribution >= 4 is 28.3 Å². The molecular weight excluding hydrogens is 406 g/mol. The van der Waals surface area contributed by atoms with E-state index in [0.717, 1.165) is 25.3 Å². The van der Waals surface area contributed by atoms with Crippen molar-refractivity contribution in [2.75, 3.05) is 11.9 Å². The molecule has 1 aliphatic rings. The summed E-state index contributed by atoms with van der Waals surface area (Å²) in [7, 11) is 1.97. The van der Waals surface area contributed by atoms with E-state index >= 15 is 0 Å². The lowest BCUT2D eigenvalue weighted by atomic mass is 9.79. The van der Waals surface area contributed by atoms with E-state index in [9.17, 15) is 8.78 Å². The average molecular weight is 435 g/mol. The van der Waals surface area contributed by atoms with E-state index in [1.54, 1.807) is 0 Å². The van der Waals surface area contributed by atoms with Crippen molar-refractivity contribution in [1.82, 2.24) is 15.5 Å². The molecule has 162 valence electrons. The summed E-state index contributed by atoms with van der Waals surface area (Å²) >= 11 is 1.23. The Balaban J connectivity index is 1.90. The normalized spacial score (nSPS) is 19.0. The van der Waals surface area contributed by atoms with Crippen molar-refractivity contribution in [3.8, 4) is 10.6 Å². The van der Waals surface area contributed by atoms with Crippen LogP contribution in [-0.4, -0.2) is 40.6 Å². The van der Waals surface area contributed by atoms with Gasteiger partial charge in [-0.3, -0.25) is 0 Å². The molecule has 0 unspecified atom stereocenters. The van der Waals surface area contributed by atoms with Crippen molar-refractivity contribution in [1.29, 1.82) is 5.41 Å². The largest absolute Gasteiger partial charge is 0.404 e. The van der Waals surface area contributed by atoms with Gasteiger partial charge in [-0.1, -0.05) is 17.4 Å². The zero-order chi connectivity index (χ0) is 22.3. The second kappa shape index (κ2) is 8.03. The molecule has 4 N–H and O–H groups in total. The van der Waals surface area contributed by atoms with Crippen molar-refractivity contribution in [2.45, 2.75) is 57.7 Å². The van der Waals surface area contributed by atoms with Crippen LogP contribution in [0.2, 0.25) is 0 Å². The molecule has 0 atom stereocenters. The van der Waals surface area contributed by atoms with Gasteiger partial charge in [0.1, 0.15) is 0 Å². The number of aromatic nitrogens is 2. The van der Waals surface area contributed by atoms with Crippen LogP contribution in [0, 0.1) is 17.0 Å². The highest BCUT2D eigenvalue weighted by Gasteiger charge is 2.39. The maximum absolute atomic E-state index is 14.7. The fourth-order valence-electron chi connectivity index (χ4n) is 4.32. The Hall–Kier alpha value is -2.39. The molecule has 30 heavy (non-hydrogen) atoms. The van der Waals surface area contributed by atoms with Crippen LogP contribution in [0.3, 0.4) is 0 Å². The third-order valence-electron chi connectivity index (χ3n) is 5.39. The van der Waals surface area contributed by atoms with E-state index in [1.807, 2.05) is 7.05 Å². The Morgan fingerprint density at radius 1 is 1.20 bits per heavy atom. The number of nitrogens with two attached hydrogens (primary N) is 1. The first-order chi connectivity index (χ1) is 14.0. The predicted molar refractivity (Wildman–Crippen MR) is 119 cm³/mol. The molecule has 0 radical (unpaired) electrons. The summed E-state index contributed by atoms with van der Waals surface area (Å²) in [6, 6.07) is 3.09. The van der Waals surface area contributed by atoms with Crippen LogP contribution in [0.15, 0.2) is 18.3 Å². The van der Waals surface area contributed by atoms with Crippen LogP contribution < -0.4 is 16.0 Å². The third-order valence-corrected chi connectivity index (χ3v) is 6.44. The summed E-state index contributed by atoms with van der Waals surface area (Å²) in [5.41, 5.74) is 5.43. The maximum Gasteiger partial charge on any atom is 0.208 e. The minimum atomic E-state index is -1.06. The van der Waals surface area contributed by atoms with E-state index < -0.39 is 11.6 Å². The number of nitrogens with zero attached hydrogens (tertiary/aromatic N) is 3. The Morgan fingerprint density at radius 3 is 2.40 bits per heavy atom. The van der Waals surface area contributed by atoms with E-state index in [4.69, 9.17) is 11.1 Å².